The van der Waals surface area contributed by atoms with Crippen molar-refractivity contribution in [1.29, 1.82) is 0 Å². The van der Waals surface area contributed by atoms with Crippen LogP contribution in [0.3, 0.4) is 0 Å². The molecular weight excluding hydrogens is 446 g/mol. The number of hydrogen-bond acceptors (Lipinski definition) is 5. The third kappa shape index (κ3) is 5.38. The molecule has 0 saturated carbocycles. The number of ether oxygens (including phenoxy) is 1. The van der Waals surface area contributed by atoms with Gasteiger partial charge in [0.1, 0.15) is 5.82 Å². The molecule has 1 unspecified atom stereocenters. The number of halogens is 1. The molecule has 3 heterocycles. The SMILES string of the molecule is O=C(O)C1CCN(c2ccc(Cc3ncc(Br)c(CCC4CCCO4)n3)cc2)CC1. The Kier molecular flexibility index (Phi) is 7.00. The van der Waals surface area contributed by atoms with Crippen molar-refractivity contribution in [3.63, 3.8) is 0 Å². The lowest BCUT2D eigenvalue weighted by Crippen LogP contribution is -2.36. The van der Waals surface area contributed by atoms with Gasteiger partial charge in [0.05, 0.1) is 22.2 Å². The molecule has 2 aliphatic heterocycles. The first-order valence-corrected chi connectivity index (χ1v) is 11.6. The summed E-state index contributed by atoms with van der Waals surface area (Å²) < 4.78 is 6.69. The molecule has 1 aromatic heterocycles. The number of hydrogen-bond donors (Lipinski definition) is 1. The van der Waals surface area contributed by atoms with Crippen LogP contribution in [0, 0.1) is 5.92 Å². The first-order chi connectivity index (χ1) is 14.6. The largest absolute Gasteiger partial charge is 0.481 e. The van der Waals surface area contributed by atoms with E-state index >= 15 is 0 Å². The maximum atomic E-state index is 11.1. The van der Waals surface area contributed by atoms with Crippen molar-refractivity contribution in [1.82, 2.24) is 9.97 Å². The lowest BCUT2D eigenvalue weighted by molar-refractivity contribution is -0.142. The Bertz CT molecular complexity index is 860. The Labute approximate surface area is 185 Å². The van der Waals surface area contributed by atoms with E-state index in [1.807, 2.05) is 6.20 Å². The average molecular weight is 474 g/mol. The van der Waals surface area contributed by atoms with Crippen LogP contribution in [0.25, 0.3) is 0 Å². The van der Waals surface area contributed by atoms with E-state index in [-0.39, 0.29) is 5.92 Å². The van der Waals surface area contributed by atoms with Crippen molar-refractivity contribution in [2.45, 2.75) is 51.0 Å². The van der Waals surface area contributed by atoms with Crippen LogP contribution in [0.4, 0.5) is 5.69 Å². The summed E-state index contributed by atoms with van der Waals surface area (Å²) in [4.78, 5) is 22.7. The number of aryl methyl sites for hydroxylation is 1. The zero-order chi connectivity index (χ0) is 20.9. The number of carbonyl (C=O) groups is 1. The van der Waals surface area contributed by atoms with Crippen molar-refractivity contribution in [2.24, 2.45) is 5.92 Å². The van der Waals surface area contributed by atoms with Crippen LogP contribution in [0.2, 0.25) is 0 Å². The Morgan fingerprint density at radius 3 is 2.63 bits per heavy atom. The molecule has 30 heavy (non-hydrogen) atoms. The van der Waals surface area contributed by atoms with Gasteiger partial charge in [-0.1, -0.05) is 12.1 Å². The monoisotopic (exact) mass is 473 g/mol. The highest BCUT2D eigenvalue weighted by Crippen LogP contribution is 2.25. The highest BCUT2D eigenvalue weighted by atomic mass is 79.9. The third-order valence-electron chi connectivity index (χ3n) is 6.10. The number of piperidine rings is 1. The second-order valence-corrected chi connectivity index (χ2v) is 9.05. The van der Waals surface area contributed by atoms with E-state index in [9.17, 15) is 4.79 Å². The predicted molar refractivity (Wildman–Crippen MR) is 119 cm³/mol. The molecular formula is C23H28BrN3O3. The highest BCUT2D eigenvalue weighted by Gasteiger charge is 2.24. The minimum absolute atomic E-state index is 0.204. The van der Waals surface area contributed by atoms with Crippen LogP contribution >= 0.6 is 15.9 Å². The summed E-state index contributed by atoms with van der Waals surface area (Å²) in [6.07, 6.45) is 8.54. The molecule has 0 amide bonds. The predicted octanol–water partition coefficient (Wildman–Crippen LogP) is 4.24. The smallest absolute Gasteiger partial charge is 0.306 e. The summed E-state index contributed by atoms with van der Waals surface area (Å²) in [5.74, 6) is -0.0466. The fraction of sp³-hybridized carbons (Fsp3) is 0.522. The van der Waals surface area contributed by atoms with Gasteiger partial charge in [-0.05, 0) is 72.2 Å². The summed E-state index contributed by atoms with van der Waals surface area (Å²) in [7, 11) is 0. The summed E-state index contributed by atoms with van der Waals surface area (Å²) >= 11 is 3.58. The normalized spacial score (nSPS) is 19.9. The van der Waals surface area contributed by atoms with Gasteiger partial charge in [-0.2, -0.15) is 0 Å². The first-order valence-electron chi connectivity index (χ1n) is 10.8. The number of nitrogens with zero attached hydrogens (tertiary/aromatic N) is 3. The van der Waals surface area contributed by atoms with Crippen LogP contribution < -0.4 is 4.90 Å². The third-order valence-corrected chi connectivity index (χ3v) is 6.76. The molecule has 0 radical (unpaired) electrons. The van der Waals surface area contributed by atoms with E-state index in [4.69, 9.17) is 14.8 Å². The van der Waals surface area contributed by atoms with Crippen LogP contribution in [0.5, 0.6) is 0 Å². The molecule has 7 heteroatoms. The van der Waals surface area contributed by atoms with E-state index in [1.165, 1.54) is 5.56 Å². The molecule has 0 bridgehead atoms. The first kappa shape index (κ1) is 21.2. The molecule has 1 aromatic carbocycles. The molecule has 1 atom stereocenters. The van der Waals surface area contributed by atoms with Gasteiger partial charge in [-0.25, -0.2) is 9.97 Å². The van der Waals surface area contributed by atoms with E-state index in [0.29, 0.717) is 25.4 Å². The summed E-state index contributed by atoms with van der Waals surface area (Å²) in [6, 6.07) is 8.48. The minimum Gasteiger partial charge on any atom is -0.481 e. The topological polar surface area (TPSA) is 75.5 Å². The van der Waals surface area contributed by atoms with Crippen molar-refractivity contribution < 1.29 is 14.6 Å². The molecule has 0 aliphatic carbocycles. The molecule has 160 valence electrons. The van der Waals surface area contributed by atoms with Crippen LogP contribution in [0.1, 0.15) is 49.2 Å². The molecule has 4 rings (SSSR count). The van der Waals surface area contributed by atoms with Crippen LogP contribution in [-0.2, 0) is 22.4 Å². The van der Waals surface area contributed by atoms with Crippen molar-refractivity contribution >= 4 is 27.6 Å². The van der Waals surface area contributed by atoms with Gasteiger partial charge < -0.3 is 14.7 Å². The van der Waals surface area contributed by atoms with Gasteiger partial charge in [-0.3, -0.25) is 4.79 Å². The number of carboxylic acids is 1. The molecule has 2 fully saturated rings. The summed E-state index contributed by atoms with van der Waals surface area (Å²) in [5.41, 5.74) is 3.37. The Morgan fingerprint density at radius 1 is 1.20 bits per heavy atom. The molecule has 0 spiro atoms. The Balaban J connectivity index is 1.35. The average Bonchev–Trinajstić information content (AvgIpc) is 3.28. The molecule has 1 N–H and O–H groups in total. The molecule has 6 nitrogen and oxygen atoms in total. The lowest BCUT2D eigenvalue weighted by Gasteiger charge is -2.32. The van der Waals surface area contributed by atoms with E-state index in [1.54, 1.807) is 0 Å². The van der Waals surface area contributed by atoms with Gasteiger partial charge in [0.2, 0.25) is 0 Å². The quantitative estimate of drug-likeness (QED) is 0.647. The minimum atomic E-state index is -0.672. The zero-order valence-corrected chi connectivity index (χ0v) is 18.7. The van der Waals surface area contributed by atoms with Crippen molar-refractivity contribution in [3.8, 4) is 0 Å². The Hall–Kier alpha value is -1.99. The number of aromatic nitrogens is 2. The van der Waals surface area contributed by atoms with E-state index in [0.717, 1.165) is 67.1 Å². The second-order valence-electron chi connectivity index (χ2n) is 8.20. The molecule has 2 aromatic rings. The van der Waals surface area contributed by atoms with Crippen LogP contribution in [-0.4, -0.2) is 46.8 Å². The van der Waals surface area contributed by atoms with Crippen LogP contribution in [0.15, 0.2) is 34.9 Å². The summed E-state index contributed by atoms with van der Waals surface area (Å²) in [5, 5.41) is 9.16. The molecule has 2 aliphatic rings. The highest BCUT2D eigenvalue weighted by molar-refractivity contribution is 9.10. The van der Waals surface area contributed by atoms with E-state index in [2.05, 4.69) is 50.1 Å². The number of aliphatic carboxylic acids is 1. The zero-order valence-electron chi connectivity index (χ0n) is 17.1. The maximum absolute atomic E-state index is 11.1. The van der Waals surface area contributed by atoms with Crippen molar-refractivity contribution in [3.05, 3.63) is 52.0 Å². The van der Waals surface area contributed by atoms with Gasteiger partial charge >= 0.3 is 5.97 Å². The fourth-order valence-corrected chi connectivity index (χ4v) is 4.66. The van der Waals surface area contributed by atoms with Gasteiger partial charge in [-0.15, -0.1) is 0 Å². The van der Waals surface area contributed by atoms with E-state index < -0.39 is 5.97 Å². The lowest BCUT2D eigenvalue weighted by atomic mass is 9.96. The number of carboxylic acid groups (broad SMARTS) is 1. The van der Waals surface area contributed by atoms with Crippen molar-refractivity contribution in [2.75, 3.05) is 24.6 Å². The maximum Gasteiger partial charge on any atom is 0.306 e. The Morgan fingerprint density at radius 2 is 1.97 bits per heavy atom. The van der Waals surface area contributed by atoms with Gasteiger partial charge in [0.15, 0.2) is 0 Å². The summed E-state index contributed by atoms with van der Waals surface area (Å²) in [6.45, 7) is 2.47. The number of benzene rings is 1. The number of rotatable bonds is 7. The van der Waals surface area contributed by atoms with Gasteiger partial charge in [0, 0.05) is 38.0 Å². The fourth-order valence-electron chi connectivity index (χ4n) is 4.27. The standard InChI is InChI=1S/C23H28BrN3O3/c24-20-15-25-22(26-21(20)8-7-19-2-1-13-30-19)14-16-3-5-18(6-4-16)27-11-9-17(10-12-27)23(28)29/h3-6,15,17,19H,1-2,7-14H2,(H,28,29). The second kappa shape index (κ2) is 9.88. The molecule has 2 saturated heterocycles. The van der Waals surface area contributed by atoms with Gasteiger partial charge in [0.25, 0.3) is 0 Å². The number of anilines is 1.